The van der Waals surface area contributed by atoms with Crippen LogP contribution in [0.25, 0.3) is 0 Å². The summed E-state index contributed by atoms with van der Waals surface area (Å²) in [5.41, 5.74) is 2.29. The van der Waals surface area contributed by atoms with E-state index in [9.17, 15) is 9.90 Å². The van der Waals surface area contributed by atoms with Crippen molar-refractivity contribution in [2.24, 2.45) is 0 Å². The number of aliphatic hydroxyl groups is 1. The highest BCUT2D eigenvalue weighted by molar-refractivity contribution is 6.41. The summed E-state index contributed by atoms with van der Waals surface area (Å²) >= 11 is 11.6. The highest BCUT2D eigenvalue weighted by Gasteiger charge is 2.32. The fraction of sp³-hybridized carbons (Fsp3) is 0.200. The lowest BCUT2D eigenvalue weighted by Crippen LogP contribution is -2.33. The number of amides is 1. The molecule has 2 N–H and O–H groups in total. The number of aromatic nitrogens is 1. The number of carbonyl (C=O) groups is 1. The van der Waals surface area contributed by atoms with Crippen molar-refractivity contribution in [2.75, 3.05) is 0 Å². The molecule has 108 valence electrons. The molecule has 1 aromatic heterocycles. The Hall–Kier alpha value is -1.62. The second-order valence-electron chi connectivity index (χ2n) is 4.92. The van der Waals surface area contributed by atoms with Gasteiger partial charge in [0.05, 0.1) is 22.7 Å². The van der Waals surface area contributed by atoms with E-state index in [4.69, 9.17) is 23.2 Å². The molecule has 0 saturated heterocycles. The molecule has 3 rings (SSSR count). The minimum atomic E-state index is -0.637. The van der Waals surface area contributed by atoms with Gasteiger partial charge in [0.1, 0.15) is 5.15 Å². The predicted molar refractivity (Wildman–Crippen MR) is 80.6 cm³/mol. The number of nitrogens with one attached hydrogen (secondary N) is 1. The van der Waals surface area contributed by atoms with Gasteiger partial charge < -0.3 is 10.4 Å². The van der Waals surface area contributed by atoms with Crippen molar-refractivity contribution in [3.63, 3.8) is 0 Å². The first-order valence-corrected chi connectivity index (χ1v) is 7.19. The molecule has 1 heterocycles. The highest BCUT2D eigenvalue weighted by Crippen LogP contribution is 2.31. The topological polar surface area (TPSA) is 62.2 Å². The molecule has 6 heteroatoms. The van der Waals surface area contributed by atoms with E-state index >= 15 is 0 Å². The number of hydrogen-bond donors (Lipinski definition) is 2. The predicted octanol–water partition coefficient (Wildman–Crippen LogP) is 2.78. The van der Waals surface area contributed by atoms with Crippen molar-refractivity contribution in [1.29, 1.82) is 0 Å². The average molecular weight is 323 g/mol. The summed E-state index contributed by atoms with van der Waals surface area (Å²) in [6, 6.07) is 8.69. The second kappa shape index (κ2) is 5.64. The zero-order valence-corrected chi connectivity index (χ0v) is 12.4. The lowest BCUT2D eigenvalue weighted by Gasteiger charge is -2.18. The summed E-state index contributed by atoms with van der Waals surface area (Å²) in [7, 11) is 0. The molecule has 1 aliphatic rings. The molecule has 0 unspecified atom stereocenters. The monoisotopic (exact) mass is 322 g/mol. The molecule has 1 aromatic carbocycles. The van der Waals surface area contributed by atoms with Crippen LogP contribution in [0.1, 0.15) is 27.5 Å². The van der Waals surface area contributed by atoms with E-state index in [1.54, 1.807) is 0 Å². The van der Waals surface area contributed by atoms with Crippen molar-refractivity contribution in [3.8, 4) is 0 Å². The number of carbonyl (C=O) groups excluding carboxylic acids is 1. The third-order valence-electron chi connectivity index (χ3n) is 3.55. The SMILES string of the molecule is O=C(N[C@@H]1c2ccccc2C[C@@H]1O)c1cnc(Cl)c(Cl)c1. The van der Waals surface area contributed by atoms with Crippen LogP contribution in [0.5, 0.6) is 0 Å². The quantitative estimate of drug-likeness (QED) is 0.836. The van der Waals surface area contributed by atoms with Crippen LogP contribution in [-0.2, 0) is 6.42 Å². The van der Waals surface area contributed by atoms with E-state index in [-0.39, 0.29) is 16.1 Å². The van der Waals surface area contributed by atoms with Gasteiger partial charge in [-0.05, 0) is 17.2 Å². The molecule has 2 atom stereocenters. The smallest absolute Gasteiger partial charge is 0.253 e. The van der Waals surface area contributed by atoms with Gasteiger partial charge in [-0.1, -0.05) is 47.5 Å². The average Bonchev–Trinajstić information content (AvgIpc) is 2.78. The molecule has 1 aliphatic carbocycles. The molecule has 1 amide bonds. The zero-order chi connectivity index (χ0) is 15.0. The maximum absolute atomic E-state index is 12.3. The first kappa shape index (κ1) is 14.3. The molecular formula is C15H12Cl2N2O2. The summed E-state index contributed by atoms with van der Waals surface area (Å²) in [4.78, 5) is 16.1. The summed E-state index contributed by atoms with van der Waals surface area (Å²) in [6.07, 6.45) is 1.25. The maximum atomic E-state index is 12.3. The lowest BCUT2D eigenvalue weighted by molar-refractivity contribution is 0.0858. The van der Waals surface area contributed by atoms with Crippen LogP contribution >= 0.6 is 23.2 Å². The van der Waals surface area contributed by atoms with E-state index in [0.29, 0.717) is 12.0 Å². The van der Waals surface area contributed by atoms with Crippen LogP contribution < -0.4 is 5.32 Å². The molecular weight excluding hydrogens is 311 g/mol. The summed E-state index contributed by atoms with van der Waals surface area (Å²) in [6.45, 7) is 0. The van der Waals surface area contributed by atoms with Crippen molar-refractivity contribution in [1.82, 2.24) is 10.3 Å². The van der Waals surface area contributed by atoms with Gasteiger partial charge in [0, 0.05) is 12.6 Å². The number of halogens is 2. The molecule has 0 spiro atoms. The zero-order valence-electron chi connectivity index (χ0n) is 10.9. The van der Waals surface area contributed by atoms with E-state index in [1.165, 1.54) is 12.3 Å². The molecule has 0 aliphatic heterocycles. The van der Waals surface area contributed by atoms with Gasteiger partial charge in [-0.15, -0.1) is 0 Å². The Morgan fingerprint density at radius 1 is 1.33 bits per heavy atom. The van der Waals surface area contributed by atoms with Gasteiger partial charge in [-0.25, -0.2) is 4.98 Å². The standard InChI is InChI=1S/C15H12Cl2N2O2/c16-11-5-9(7-18-14(11)17)15(21)19-13-10-4-2-1-3-8(10)6-12(13)20/h1-5,7,12-13,20H,6H2,(H,19,21)/t12-,13+/m0/s1. The number of nitrogens with zero attached hydrogens (tertiary/aromatic N) is 1. The minimum absolute atomic E-state index is 0.152. The molecule has 21 heavy (non-hydrogen) atoms. The van der Waals surface area contributed by atoms with Crippen LogP contribution in [0.15, 0.2) is 36.5 Å². The Balaban J connectivity index is 1.83. The van der Waals surface area contributed by atoms with Gasteiger partial charge >= 0.3 is 0 Å². The summed E-state index contributed by atoms with van der Waals surface area (Å²) < 4.78 is 0. The van der Waals surface area contributed by atoms with Crippen LogP contribution in [0.3, 0.4) is 0 Å². The Morgan fingerprint density at radius 3 is 2.86 bits per heavy atom. The summed E-state index contributed by atoms with van der Waals surface area (Å²) in [5, 5.41) is 13.3. The second-order valence-corrected chi connectivity index (χ2v) is 5.68. The molecule has 4 nitrogen and oxygen atoms in total. The van der Waals surface area contributed by atoms with Gasteiger partial charge in [0.2, 0.25) is 0 Å². The third kappa shape index (κ3) is 2.75. The number of fused-ring (bicyclic) bond motifs is 1. The van der Waals surface area contributed by atoms with E-state index in [0.717, 1.165) is 11.1 Å². The first-order chi connectivity index (χ1) is 10.1. The van der Waals surface area contributed by atoms with Crippen LogP contribution in [0.2, 0.25) is 10.2 Å². The van der Waals surface area contributed by atoms with Crippen molar-refractivity contribution >= 4 is 29.1 Å². The van der Waals surface area contributed by atoms with Crippen LogP contribution in [0, 0.1) is 0 Å². The van der Waals surface area contributed by atoms with Gasteiger partial charge in [0.25, 0.3) is 5.91 Å². The number of aliphatic hydroxyl groups excluding tert-OH is 1. The third-order valence-corrected chi connectivity index (χ3v) is 4.24. The largest absolute Gasteiger partial charge is 0.390 e. The fourth-order valence-electron chi connectivity index (χ4n) is 2.52. The van der Waals surface area contributed by atoms with E-state index < -0.39 is 12.1 Å². The first-order valence-electron chi connectivity index (χ1n) is 6.44. The van der Waals surface area contributed by atoms with E-state index in [1.807, 2.05) is 24.3 Å². The Bertz CT molecular complexity index is 706. The number of benzene rings is 1. The van der Waals surface area contributed by atoms with E-state index in [2.05, 4.69) is 10.3 Å². The van der Waals surface area contributed by atoms with Crippen molar-refractivity contribution in [3.05, 3.63) is 63.4 Å². The van der Waals surface area contributed by atoms with Gasteiger partial charge in [-0.3, -0.25) is 4.79 Å². The Morgan fingerprint density at radius 2 is 2.10 bits per heavy atom. The van der Waals surface area contributed by atoms with Crippen molar-refractivity contribution < 1.29 is 9.90 Å². The lowest BCUT2D eigenvalue weighted by atomic mass is 10.1. The highest BCUT2D eigenvalue weighted by atomic mass is 35.5. The molecule has 0 fully saturated rings. The number of hydrogen-bond acceptors (Lipinski definition) is 3. The number of pyridine rings is 1. The van der Waals surface area contributed by atoms with Gasteiger partial charge in [-0.2, -0.15) is 0 Å². The molecule has 2 aromatic rings. The minimum Gasteiger partial charge on any atom is -0.390 e. The number of rotatable bonds is 2. The Labute approximate surface area is 131 Å². The maximum Gasteiger partial charge on any atom is 0.253 e. The molecule has 0 bridgehead atoms. The van der Waals surface area contributed by atoms with Crippen molar-refractivity contribution in [2.45, 2.75) is 18.6 Å². The molecule has 0 saturated carbocycles. The Kier molecular flexibility index (Phi) is 3.85. The van der Waals surface area contributed by atoms with Gasteiger partial charge in [0.15, 0.2) is 0 Å². The molecule has 0 radical (unpaired) electrons. The fourth-order valence-corrected chi connectivity index (χ4v) is 2.79. The summed E-state index contributed by atoms with van der Waals surface area (Å²) in [5.74, 6) is -0.346. The van der Waals surface area contributed by atoms with Crippen LogP contribution in [-0.4, -0.2) is 22.1 Å². The normalized spacial score (nSPS) is 20.1. The van der Waals surface area contributed by atoms with Crippen LogP contribution in [0.4, 0.5) is 0 Å².